The van der Waals surface area contributed by atoms with Gasteiger partial charge in [-0.15, -0.1) is 11.3 Å². The molecule has 1 amide bonds. The van der Waals surface area contributed by atoms with Crippen LogP contribution in [0.5, 0.6) is 11.5 Å². The molecule has 4 rings (SSSR count). The average molecular weight is 655 g/mol. The van der Waals surface area contributed by atoms with E-state index in [0.29, 0.717) is 29.9 Å². The van der Waals surface area contributed by atoms with Gasteiger partial charge in [0.2, 0.25) is 0 Å². The summed E-state index contributed by atoms with van der Waals surface area (Å²) < 4.78 is 60.8. The van der Waals surface area contributed by atoms with Crippen LogP contribution in [0.3, 0.4) is 0 Å². The Bertz CT molecular complexity index is 1530. The molecule has 2 aromatic carbocycles. The number of anilines is 2. The Balaban J connectivity index is 1.62. The fourth-order valence-electron chi connectivity index (χ4n) is 4.82. The minimum atomic E-state index is -4.48. The summed E-state index contributed by atoms with van der Waals surface area (Å²) in [5.74, 6) is -0.0505. The number of carbonyl (C=O) groups excluding carboxylic acids is 1. The Hall–Kier alpha value is -3.29. The smallest absolute Gasteiger partial charge is 0.407 e. The van der Waals surface area contributed by atoms with E-state index in [9.17, 15) is 13.2 Å². The zero-order valence-corrected chi connectivity index (χ0v) is 27.0. The molecule has 1 aliphatic rings. The topological polar surface area (TPSA) is 119 Å². The molecule has 1 fully saturated rings. The number of halogens is 2. The molecule has 0 bridgehead atoms. The van der Waals surface area contributed by atoms with Crippen LogP contribution in [-0.2, 0) is 21.3 Å². The van der Waals surface area contributed by atoms with E-state index in [0.717, 1.165) is 40.6 Å². The van der Waals surface area contributed by atoms with E-state index in [2.05, 4.69) is 15.6 Å². The summed E-state index contributed by atoms with van der Waals surface area (Å²) in [4.78, 5) is 16.0. The highest BCUT2D eigenvalue weighted by Gasteiger charge is 2.33. The van der Waals surface area contributed by atoms with Crippen molar-refractivity contribution < 1.29 is 31.8 Å². The zero-order valence-electron chi connectivity index (χ0n) is 24.6. The van der Waals surface area contributed by atoms with Gasteiger partial charge < -0.3 is 24.8 Å². The molecular formula is C29H36ClFN4O6S2. The number of carbonyl (C=O) groups is 1. The number of rotatable bonds is 10. The number of ether oxygens (including phenoxy) is 3. The largest absolute Gasteiger partial charge is 0.497 e. The van der Waals surface area contributed by atoms with Crippen molar-refractivity contribution in [2.24, 2.45) is 0 Å². The molecule has 1 aromatic heterocycles. The highest BCUT2D eigenvalue weighted by atomic mass is 35.5. The Labute approximate surface area is 260 Å². The predicted molar refractivity (Wildman–Crippen MR) is 165 cm³/mol. The lowest BCUT2D eigenvalue weighted by atomic mass is 9.90. The van der Waals surface area contributed by atoms with Gasteiger partial charge in [0.25, 0.3) is 10.0 Å². The summed E-state index contributed by atoms with van der Waals surface area (Å²) in [6.07, 6.45) is 4.12. The number of thiazole rings is 1. The Morgan fingerprint density at radius 2 is 1.86 bits per heavy atom. The van der Waals surface area contributed by atoms with Crippen LogP contribution >= 0.6 is 22.9 Å². The molecule has 1 heterocycles. The average Bonchev–Trinajstić information content (AvgIpc) is 3.47. The van der Waals surface area contributed by atoms with Gasteiger partial charge in [-0.05, 0) is 57.9 Å². The lowest BCUT2D eigenvalue weighted by molar-refractivity contribution is 0.0488. The van der Waals surface area contributed by atoms with Gasteiger partial charge in [-0.25, -0.2) is 26.9 Å². The second kappa shape index (κ2) is 13.6. The fraction of sp³-hybridized carbons (Fsp3) is 0.448. The van der Waals surface area contributed by atoms with Crippen LogP contribution in [-0.4, -0.2) is 51.4 Å². The van der Waals surface area contributed by atoms with Crippen molar-refractivity contribution in [3.63, 3.8) is 0 Å². The van der Waals surface area contributed by atoms with Crippen LogP contribution in [0.25, 0.3) is 0 Å². The summed E-state index contributed by atoms with van der Waals surface area (Å²) in [5, 5.41) is 7.91. The van der Waals surface area contributed by atoms with Crippen molar-refractivity contribution in [3.8, 4) is 11.5 Å². The molecule has 0 radical (unpaired) electrons. The van der Waals surface area contributed by atoms with Crippen molar-refractivity contribution in [1.29, 1.82) is 0 Å². The number of sulfonamides is 1. The summed E-state index contributed by atoms with van der Waals surface area (Å²) in [7, 11) is -1.50. The first-order valence-electron chi connectivity index (χ1n) is 13.7. The molecule has 0 aliphatic heterocycles. The summed E-state index contributed by atoms with van der Waals surface area (Å²) >= 11 is 7.66. The summed E-state index contributed by atoms with van der Waals surface area (Å²) in [5.41, 5.74) is 0.0896. The number of aromatic nitrogens is 1. The van der Waals surface area contributed by atoms with Crippen LogP contribution in [0, 0.1) is 5.82 Å². The van der Waals surface area contributed by atoms with E-state index in [1.807, 2.05) is 0 Å². The standard InChI is InChI=1S/C29H36ClFN4O6S2/c1-29(2,3)41-28(36)34-23-9-7-6-8-22(23)33-24-16-21(31)26(15-20(24)30)43(37,38)35(27-32-12-13-42-27)17-18-10-11-19(39-4)14-25(18)40-5/h10-16,22-23,33H,6-9,17H2,1-5H3,(H,34,36)/t22-,23-/m0/s1. The van der Waals surface area contributed by atoms with Gasteiger partial charge in [0, 0.05) is 29.2 Å². The minimum Gasteiger partial charge on any atom is -0.497 e. The Morgan fingerprint density at radius 3 is 2.49 bits per heavy atom. The van der Waals surface area contributed by atoms with Crippen LogP contribution in [0.15, 0.2) is 46.8 Å². The second-order valence-corrected chi connectivity index (χ2v) is 14.2. The zero-order chi connectivity index (χ0) is 31.4. The van der Waals surface area contributed by atoms with Gasteiger partial charge in [0.05, 0.1) is 37.5 Å². The first-order valence-corrected chi connectivity index (χ1v) is 16.4. The normalized spacial score (nSPS) is 17.2. The Morgan fingerprint density at radius 1 is 1.14 bits per heavy atom. The lowest BCUT2D eigenvalue weighted by Crippen LogP contribution is -2.49. The molecule has 3 aromatic rings. The molecule has 2 N–H and O–H groups in total. The third-order valence-electron chi connectivity index (χ3n) is 6.84. The summed E-state index contributed by atoms with van der Waals surface area (Å²) in [6.45, 7) is 5.17. The lowest BCUT2D eigenvalue weighted by Gasteiger charge is -2.34. The maximum absolute atomic E-state index is 15.7. The van der Waals surface area contributed by atoms with Gasteiger partial charge in [-0.1, -0.05) is 24.4 Å². The van der Waals surface area contributed by atoms with Crippen molar-refractivity contribution >= 4 is 49.9 Å². The highest BCUT2D eigenvalue weighted by molar-refractivity contribution is 7.93. The number of amides is 1. The van der Waals surface area contributed by atoms with Crippen molar-refractivity contribution in [2.45, 2.75) is 75.6 Å². The summed E-state index contributed by atoms with van der Waals surface area (Å²) in [6, 6.07) is 6.60. The SMILES string of the molecule is COc1ccc(CN(c2nccs2)S(=O)(=O)c2cc(Cl)c(N[C@H]3CCCC[C@@H]3NC(=O)OC(C)(C)C)cc2F)c(OC)c1. The molecule has 2 atom stereocenters. The van der Waals surface area contributed by atoms with Crippen LogP contribution in [0.1, 0.15) is 52.0 Å². The highest BCUT2D eigenvalue weighted by Crippen LogP contribution is 2.36. The number of alkyl carbamates (subject to hydrolysis) is 1. The van der Waals surface area contributed by atoms with Gasteiger partial charge in [-0.2, -0.15) is 0 Å². The van der Waals surface area contributed by atoms with E-state index in [1.54, 1.807) is 44.4 Å². The second-order valence-electron chi connectivity index (χ2n) is 11.1. The van der Waals surface area contributed by atoms with Crippen LogP contribution in [0.2, 0.25) is 5.02 Å². The van der Waals surface area contributed by atoms with E-state index in [4.69, 9.17) is 25.8 Å². The quantitative estimate of drug-likeness (QED) is 0.251. The number of nitrogens with one attached hydrogen (secondary N) is 2. The predicted octanol–water partition coefficient (Wildman–Crippen LogP) is 6.60. The first-order chi connectivity index (χ1) is 20.3. The maximum Gasteiger partial charge on any atom is 0.407 e. The molecule has 1 aliphatic carbocycles. The first kappa shape index (κ1) is 32.6. The molecule has 10 nitrogen and oxygen atoms in total. The molecule has 234 valence electrons. The van der Waals surface area contributed by atoms with Crippen molar-refractivity contribution in [3.05, 3.63) is 58.3 Å². The molecule has 14 heteroatoms. The number of methoxy groups -OCH3 is 2. The molecule has 0 unspecified atom stereocenters. The van der Waals surface area contributed by atoms with Crippen molar-refractivity contribution in [1.82, 2.24) is 10.3 Å². The maximum atomic E-state index is 15.7. The van der Waals surface area contributed by atoms with Crippen molar-refractivity contribution in [2.75, 3.05) is 23.8 Å². The monoisotopic (exact) mass is 654 g/mol. The molecule has 0 spiro atoms. The molecule has 1 saturated carbocycles. The van der Waals surface area contributed by atoms with Gasteiger partial charge in [0.15, 0.2) is 5.13 Å². The van der Waals surface area contributed by atoms with Crippen LogP contribution in [0.4, 0.5) is 20.0 Å². The van der Waals surface area contributed by atoms with Gasteiger partial charge in [-0.3, -0.25) is 0 Å². The van der Waals surface area contributed by atoms with Crippen LogP contribution < -0.4 is 24.4 Å². The fourth-order valence-corrected chi connectivity index (χ4v) is 7.45. The molecular weight excluding hydrogens is 619 g/mol. The number of nitrogens with zero attached hydrogens (tertiary/aromatic N) is 2. The van der Waals surface area contributed by atoms with E-state index >= 15 is 4.39 Å². The van der Waals surface area contributed by atoms with E-state index < -0.39 is 32.4 Å². The number of benzene rings is 2. The molecule has 43 heavy (non-hydrogen) atoms. The van der Waals surface area contributed by atoms with Gasteiger partial charge >= 0.3 is 6.09 Å². The molecule has 0 saturated heterocycles. The minimum absolute atomic E-state index is 0.0164. The van der Waals surface area contributed by atoms with E-state index in [-0.39, 0.29) is 34.5 Å². The Kier molecular flexibility index (Phi) is 10.3. The number of hydrogen-bond acceptors (Lipinski definition) is 9. The third kappa shape index (κ3) is 8.01. The van der Waals surface area contributed by atoms with Gasteiger partial charge in [0.1, 0.15) is 27.8 Å². The number of hydrogen-bond donors (Lipinski definition) is 2. The van der Waals surface area contributed by atoms with E-state index in [1.165, 1.54) is 20.4 Å². The third-order valence-corrected chi connectivity index (χ3v) is 9.81.